The van der Waals surface area contributed by atoms with Crippen molar-refractivity contribution in [1.29, 1.82) is 0 Å². The molecule has 0 radical (unpaired) electrons. The highest BCUT2D eigenvalue weighted by Crippen LogP contribution is 2.41. The van der Waals surface area contributed by atoms with Gasteiger partial charge < -0.3 is 15.4 Å². The molecule has 1 aliphatic heterocycles. The van der Waals surface area contributed by atoms with Gasteiger partial charge in [0.25, 0.3) is 5.91 Å². The van der Waals surface area contributed by atoms with Crippen molar-refractivity contribution in [2.45, 2.75) is 10.9 Å². The largest absolute Gasteiger partial charge is 0.496 e. The van der Waals surface area contributed by atoms with Gasteiger partial charge >= 0.3 is 0 Å². The van der Waals surface area contributed by atoms with Gasteiger partial charge in [0.1, 0.15) is 5.75 Å². The van der Waals surface area contributed by atoms with E-state index >= 15 is 0 Å². The molecule has 3 atom stereocenters. The molecule has 2 aliphatic rings. The van der Waals surface area contributed by atoms with E-state index in [1.54, 1.807) is 0 Å². The molecule has 0 spiro atoms. The Morgan fingerprint density at radius 1 is 1.33 bits per heavy atom. The fourth-order valence-electron chi connectivity index (χ4n) is 2.96. The van der Waals surface area contributed by atoms with E-state index in [0.717, 1.165) is 19.3 Å². The highest BCUT2D eigenvalue weighted by Gasteiger charge is 2.53. The summed E-state index contributed by atoms with van der Waals surface area (Å²) in [6.45, 7) is 1.85. The van der Waals surface area contributed by atoms with E-state index in [1.165, 1.54) is 25.3 Å². The lowest BCUT2D eigenvalue weighted by atomic mass is 10.2. The van der Waals surface area contributed by atoms with Crippen LogP contribution in [-0.2, 0) is 9.84 Å². The second kappa shape index (κ2) is 4.99. The van der Waals surface area contributed by atoms with Crippen LogP contribution >= 0.6 is 0 Å². The maximum Gasteiger partial charge on any atom is 0.255 e. The molecule has 1 saturated heterocycles. The maximum atomic E-state index is 12.4. The summed E-state index contributed by atoms with van der Waals surface area (Å²) < 4.78 is 28.4. The topological polar surface area (TPSA) is 84.5 Å². The molecule has 1 aromatic rings. The number of sulfone groups is 1. The highest BCUT2D eigenvalue weighted by atomic mass is 32.2. The Hall–Kier alpha value is -1.60. The van der Waals surface area contributed by atoms with E-state index in [1.807, 2.05) is 0 Å². The summed E-state index contributed by atoms with van der Waals surface area (Å²) in [7, 11) is -1.90. The number of fused-ring (bicyclic) bond motifs is 1. The van der Waals surface area contributed by atoms with Crippen LogP contribution in [0.4, 0.5) is 0 Å². The predicted molar refractivity (Wildman–Crippen MR) is 77.2 cm³/mol. The summed E-state index contributed by atoms with van der Waals surface area (Å²) in [6, 6.07) is 4.52. The van der Waals surface area contributed by atoms with Crippen molar-refractivity contribution in [3.63, 3.8) is 0 Å². The standard InChI is InChI=1S/C14H18N2O4S/c1-20-12-4-3-8(21(2,18)19)5-9(12)14(17)16-13-10-6-15-7-11(10)13/h3-5,10-11,13,15H,6-7H2,1-2H3,(H,16,17)/t10-,11+,13?. The van der Waals surface area contributed by atoms with Gasteiger partial charge in [-0.2, -0.15) is 0 Å². The summed E-state index contributed by atoms with van der Waals surface area (Å²) in [6.07, 6.45) is 1.12. The average molecular weight is 310 g/mol. The molecular formula is C14H18N2O4S. The summed E-state index contributed by atoms with van der Waals surface area (Å²) >= 11 is 0. The first-order valence-electron chi connectivity index (χ1n) is 6.81. The van der Waals surface area contributed by atoms with Gasteiger partial charge in [0.2, 0.25) is 0 Å². The van der Waals surface area contributed by atoms with Crippen molar-refractivity contribution in [2.24, 2.45) is 11.8 Å². The maximum absolute atomic E-state index is 12.4. The smallest absolute Gasteiger partial charge is 0.255 e. The molecule has 0 bridgehead atoms. The number of rotatable bonds is 4. The summed E-state index contributed by atoms with van der Waals surface area (Å²) in [5.74, 6) is 1.09. The first-order chi connectivity index (χ1) is 9.91. The molecule has 1 aromatic carbocycles. The van der Waals surface area contributed by atoms with Crippen molar-refractivity contribution in [3.05, 3.63) is 23.8 Å². The minimum absolute atomic E-state index is 0.117. The van der Waals surface area contributed by atoms with Gasteiger partial charge in [0.15, 0.2) is 9.84 Å². The van der Waals surface area contributed by atoms with Crippen molar-refractivity contribution >= 4 is 15.7 Å². The third kappa shape index (κ3) is 2.63. The first-order valence-corrected chi connectivity index (χ1v) is 8.70. The average Bonchev–Trinajstić information content (AvgIpc) is 2.87. The molecule has 1 aliphatic carbocycles. The molecule has 3 rings (SSSR count). The summed E-state index contributed by atoms with van der Waals surface area (Å²) in [5, 5.41) is 6.23. The SMILES string of the molecule is COc1ccc(S(C)(=O)=O)cc1C(=O)NC1[C@H]2CNC[C@@H]12. The molecule has 2 N–H and O–H groups in total. The minimum atomic E-state index is -3.36. The number of piperidine rings is 1. The van der Waals surface area contributed by atoms with Gasteiger partial charge in [-0.1, -0.05) is 0 Å². The molecule has 6 nitrogen and oxygen atoms in total. The number of carbonyl (C=O) groups excluding carboxylic acids is 1. The summed E-state index contributed by atoms with van der Waals surface area (Å²) in [5.41, 5.74) is 0.262. The Bertz CT molecular complexity index is 676. The number of amides is 1. The Labute approximate surface area is 123 Å². The van der Waals surface area contributed by atoms with Crippen molar-refractivity contribution in [2.75, 3.05) is 26.5 Å². The fraction of sp³-hybridized carbons (Fsp3) is 0.500. The van der Waals surface area contributed by atoms with Crippen LogP contribution in [0.2, 0.25) is 0 Å². The molecule has 1 heterocycles. The zero-order valence-electron chi connectivity index (χ0n) is 11.9. The van der Waals surface area contributed by atoms with Crippen LogP contribution in [0.5, 0.6) is 5.75 Å². The monoisotopic (exact) mass is 310 g/mol. The Kier molecular flexibility index (Phi) is 3.41. The number of hydrogen-bond donors (Lipinski definition) is 2. The number of hydrogen-bond acceptors (Lipinski definition) is 5. The van der Waals surface area contributed by atoms with Crippen molar-refractivity contribution in [3.8, 4) is 5.75 Å². The minimum Gasteiger partial charge on any atom is -0.496 e. The van der Waals surface area contributed by atoms with Crippen molar-refractivity contribution < 1.29 is 17.9 Å². The van der Waals surface area contributed by atoms with Gasteiger partial charge in [0, 0.05) is 25.4 Å². The third-order valence-corrected chi connectivity index (χ3v) is 5.34. The molecule has 1 amide bonds. The van der Waals surface area contributed by atoms with Gasteiger partial charge in [-0.15, -0.1) is 0 Å². The first kappa shape index (κ1) is 14.3. The molecule has 1 saturated carbocycles. The Morgan fingerprint density at radius 3 is 2.57 bits per heavy atom. The van der Waals surface area contributed by atoms with Crippen LogP contribution in [0.3, 0.4) is 0 Å². The number of benzene rings is 1. The predicted octanol–water partition coefficient (Wildman–Crippen LogP) is 0.0463. The molecule has 21 heavy (non-hydrogen) atoms. The lowest BCUT2D eigenvalue weighted by molar-refractivity contribution is 0.0943. The Balaban J connectivity index is 1.84. The van der Waals surface area contributed by atoms with Gasteiger partial charge in [-0.05, 0) is 30.0 Å². The number of ether oxygens (including phenoxy) is 1. The number of nitrogens with one attached hydrogen (secondary N) is 2. The second-order valence-corrected chi connectivity index (χ2v) is 7.64. The fourth-order valence-corrected chi connectivity index (χ4v) is 3.60. The normalized spacial score (nSPS) is 27.0. The molecule has 2 fully saturated rings. The zero-order chi connectivity index (χ0) is 15.2. The highest BCUT2D eigenvalue weighted by molar-refractivity contribution is 7.90. The Morgan fingerprint density at radius 2 is 2.00 bits per heavy atom. The van der Waals surface area contributed by atoms with Crippen LogP contribution in [0.1, 0.15) is 10.4 Å². The van der Waals surface area contributed by atoms with Gasteiger partial charge in [0.05, 0.1) is 17.6 Å². The molecule has 114 valence electrons. The molecule has 7 heteroatoms. The van der Waals surface area contributed by atoms with E-state index in [9.17, 15) is 13.2 Å². The number of methoxy groups -OCH3 is 1. The summed E-state index contributed by atoms with van der Waals surface area (Å²) in [4.78, 5) is 12.5. The van der Waals surface area contributed by atoms with E-state index in [2.05, 4.69) is 10.6 Å². The van der Waals surface area contributed by atoms with E-state index in [4.69, 9.17) is 4.74 Å². The van der Waals surface area contributed by atoms with E-state index in [0.29, 0.717) is 17.6 Å². The van der Waals surface area contributed by atoms with Crippen LogP contribution in [0.25, 0.3) is 0 Å². The van der Waals surface area contributed by atoms with Crippen LogP contribution in [0.15, 0.2) is 23.1 Å². The molecule has 1 unspecified atom stereocenters. The van der Waals surface area contributed by atoms with Crippen LogP contribution < -0.4 is 15.4 Å². The lowest BCUT2D eigenvalue weighted by Gasteiger charge is -2.12. The number of carbonyl (C=O) groups is 1. The third-order valence-electron chi connectivity index (χ3n) is 4.23. The van der Waals surface area contributed by atoms with Gasteiger partial charge in [-0.3, -0.25) is 4.79 Å². The molecular weight excluding hydrogens is 292 g/mol. The second-order valence-electron chi connectivity index (χ2n) is 5.62. The van der Waals surface area contributed by atoms with E-state index < -0.39 is 9.84 Å². The quantitative estimate of drug-likeness (QED) is 0.821. The van der Waals surface area contributed by atoms with Gasteiger partial charge in [-0.25, -0.2) is 8.42 Å². The van der Waals surface area contributed by atoms with Crippen LogP contribution in [0, 0.1) is 11.8 Å². The molecule has 0 aromatic heterocycles. The lowest BCUT2D eigenvalue weighted by Crippen LogP contribution is -2.32. The zero-order valence-corrected chi connectivity index (χ0v) is 12.7. The van der Waals surface area contributed by atoms with Crippen molar-refractivity contribution in [1.82, 2.24) is 10.6 Å². The van der Waals surface area contributed by atoms with E-state index in [-0.39, 0.29) is 22.4 Å². The van der Waals surface area contributed by atoms with Crippen LogP contribution in [-0.4, -0.2) is 46.8 Å².